The van der Waals surface area contributed by atoms with Crippen LogP contribution in [0, 0.1) is 6.92 Å². The maximum absolute atomic E-state index is 10.4. The molecule has 0 radical (unpaired) electrons. The second-order valence-electron chi connectivity index (χ2n) is 5.29. The highest BCUT2D eigenvalue weighted by Gasteiger charge is 2.27. The Morgan fingerprint density at radius 3 is 2.61 bits per heavy atom. The van der Waals surface area contributed by atoms with E-state index in [9.17, 15) is 5.11 Å². The first-order valence-electron chi connectivity index (χ1n) is 6.90. The van der Waals surface area contributed by atoms with Crippen LogP contribution in [-0.4, -0.2) is 33.9 Å². The Labute approximate surface area is 108 Å². The SMILES string of the molecule is Cc1nc(CCNCC2(O)CCCCCC2)no1. The molecule has 0 saturated heterocycles. The van der Waals surface area contributed by atoms with Crippen molar-refractivity contribution in [1.29, 1.82) is 0 Å². The number of hydrogen-bond donors (Lipinski definition) is 2. The van der Waals surface area contributed by atoms with E-state index in [1.54, 1.807) is 6.92 Å². The molecule has 5 nitrogen and oxygen atoms in total. The van der Waals surface area contributed by atoms with Crippen molar-refractivity contribution in [1.82, 2.24) is 15.5 Å². The standard InChI is InChI=1S/C13H23N3O2/c1-11-15-12(16-18-11)6-9-14-10-13(17)7-4-2-3-5-8-13/h14,17H,2-10H2,1H3. The van der Waals surface area contributed by atoms with Gasteiger partial charge >= 0.3 is 0 Å². The summed E-state index contributed by atoms with van der Waals surface area (Å²) in [4.78, 5) is 4.15. The van der Waals surface area contributed by atoms with Gasteiger partial charge in [-0.1, -0.05) is 30.8 Å². The number of aromatic nitrogens is 2. The van der Waals surface area contributed by atoms with Crippen LogP contribution in [-0.2, 0) is 6.42 Å². The second-order valence-corrected chi connectivity index (χ2v) is 5.29. The summed E-state index contributed by atoms with van der Waals surface area (Å²) in [6, 6.07) is 0. The van der Waals surface area contributed by atoms with Crippen LogP contribution in [0.2, 0.25) is 0 Å². The van der Waals surface area contributed by atoms with Crippen molar-refractivity contribution >= 4 is 0 Å². The zero-order chi connectivity index (χ0) is 12.8. The number of nitrogens with one attached hydrogen (secondary N) is 1. The molecule has 0 aliphatic heterocycles. The first kappa shape index (κ1) is 13.5. The van der Waals surface area contributed by atoms with E-state index in [2.05, 4.69) is 15.5 Å². The highest BCUT2D eigenvalue weighted by atomic mass is 16.5. The largest absolute Gasteiger partial charge is 0.389 e. The van der Waals surface area contributed by atoms with E-state index >= 15 is 0 Å². The minimum absolute atomic E-state index is 0.510. The smallest absolute Gasteiger partial charge is 0.223 e. The van der Waals surface area contributed by atoms with Gasteiger partial charge in [0.05, 0.1) is 5.60 Å². The van der Waals surface area contributed by atoms with Crippen LogP contribution in [0.25, 0.3) is 0 Å². The normalized spacial score (nSPS) is 19.7. The molecule has 102 valence electrons. The van der Waals surface area contributed by atoms with Crippen molar-refractivity contribution in [3.63, 3.8) is 0 Å². The Morgan fingerprint density at radius 2 is 2.00 bits per heavy atom. The molecule has 5 heteroatoms. The lowest BCUT2D eigenvalue weighted by molar-refractivity contribution is 0.0255. The van der Waals surface area contributed by atoms with Crippen LogP contribution < -0.4 is 5.32 Å². The lowest BCUT2D eigenvalue weighted by Gasteiger charge is -2.26. The topological polar surface area (TPSA) is 71.2 Å². The number of rotatable bonds is 5. The summed E-state index contributed by atoms with van der Waals surface area (Å²) in [6.45, 7) is 3.24. The molecule has 1 aliphatic carbocycles. The maximum atomic E-state index is 10.4. The molecule has 1 aromatic heterocycles. The zero-order valence-electron chi connectivity index (χ0n) is 11.1. The van der Waals surface area contributed by atoms with E-state index in [4.69, 9.17) is 4.52 Å². The first-order chi connectivity index (χ1) is 8.68. The van der Waals surface area contributed by atoms with Crippen LogP contribution in [0.5, 0.6) is 0 Å². The van der Waals surface area contributed by atoms with Crippen molar-refractivity contribution in [2.45, 2.75) is 57.5 Å². The fourth-order valence-electron chi connectivity index (χ4n) is 2.53. The summed E-state index contributed by atoms with van der Waals surface area (Å²) < 4.78 is 4.91. The van der Waals surface area contributed by atoms with Gasteiger partial charge in [0.1, 0.15) is 0 Å². The molecule has 0 unspecified atom stereocenters. The van der Waals surface area contributed by atoms with Crippen molar-refractivity contribution in [3.05, 3.63) is 11.7 Å². The molecule has 18 heavy (non-hydrogen) atoms. The van der Waals surface area contributed by atoms with Gasteiger partial charge < -0.3 is 14.9 Å². The maximum Gasteiger partial charge on any atom is 0.223 e. The highest BCUT2D eigenvalue weighted by Crippen LogP contribution is 2.26. The molecule has 1 aromatic rings. The van der Waals surface area contributed by atoms with Gasteiger partial charge in [0.15, 0.2) is 5.82 Å². The average Bonchev–Trinajstić information content (AvgIpc) is 2.63. The fourth-order valence-corrected chi connectivity index (χ4v) is 2.53. The molecule has 1 aliphatic rings. The minimum atomic E-state index is -0.510. The summed E-state index contributed by atoms with van der Waals surface area (Å²) in [5, 5.41) is 17.6. The summed E-state index contributed by atoms with van der Waals surface area (Å²) in [5.41, 5.74) is -0.510. The van der Waals surface area contributed by atoms with Gasteiger partial charge in [-0.05, 0) is 12.8 Å². The third-order valence-corrected chi connectivity index (χ3v) is 3.58. The fraction of sp³-hybridized carbons (Fsp3) is 0.846. The third kappa shape index (κ3) is 4.07. The van der Waals surface area contributed by atoms with Gasteiger partial charge in [-0.25, -0.2) is 0 Å². The van der Waals surface area contributed by atoms with Crippen molar-refractivity contribution in [3.8, 4) is 0 Å². The lowest BCUT2D eigenvalue weighted by atomic mass is 9.94. The van der Waals surface area contributed by atoms with Gasteiger partial charge in [0.2, 0.25) is 5.89 Å². The molecule has 1 fully saturated rings. The molecule has 1 saturated carbocycles. The van der Waals surface area contributed by atoms with Crippen LogP contribution in [0.15, 0.2) is 4.52 Å². The van der Waals surface area contributed by atoms with E-state index in [-0.39, 0.29) is 0 Å². The van der Waals surface area contributed by atoms with Gasteiger partial charge in [-0.15, -0.1) is 0 Å². The molecule has 0 amide bonds. The van der Waals surface area contributed by atoms with Gasteiger partial charge in [-0.3, -0.25) is 0 Å². The van der Waals surface area contributed by atoms with Gasteiger partial charge in [-0.2, -0.15) is 4.98 Å². The monoisotopic (exact) mass is 253 g/mol. The van der Waals surface area contributed by atoms with E-state index < -0.39 is 5.60 Å². The molecule has 1 heterocycles. The van der Waals surface area contributed by atoms with Crippen molar-refractivity contribution < 1.29 is 9.63 Å². The zero-order valence-corrected chi connectivity index (χ0v) is 11.1. The molecule has 0 atom stereocenters. The summed E-state index contributed by atoms with van der Waals surface area (Å²) in [6.07, 6.45) is 7.37. The Kier molecular flexibility index (Phi) is 4.72. The molecule has 0 bridgehead atoms. The quantitative estimate of drug-likeness (QED) is 0.616. The number of hydrogen-bond acceptors (Lipinski definition) is 5. The second kappa shape index (κ2) is 6.29. The molecular weight excluding hydrogens is 230 g/mol. The number of aliphatic hydroxyl groups is 1. The Morgan fingerprint density at radius 1 is 1.28 bits per heavy atom. The summed E-state index contributed by atoms with van der Waals surface area (Å²) in [7, 11) is 0. The summed E-state index contributed by atoms with van der Waals surface area (Å²) >= 11 is 0. The predicted octanol–water partition coefficient (Wildman–Crippen LogP) is 1.60. The first-order valence-corrected chi connectivity index (χ1v) is 6.90. The van der Waals surface area contributed by atoms with Crippen LogP contribution >= 0.6 is 0 Å². The number of aryl methyl sites for hydroxylation is 1. The molecule has 0 aromatic carbocycles. The van der Waals surface area contributed by atoms with Crippen LogP contribution in [0.3, 0.4) is 0 Å². The third-order valence-electron chi connectivity index (χ3n) is 3.58. The molecular formula is C13H23N3O2. The van der Waals surface area contributed by atoms with Gasteiger partial charge in [0.25, 0.3) is 0 Å². The highest BCUT2D eigenvalue weighted by molar-refractivity contribution is 4.86. The van der Waals surface area contributed by atoms with Gasteiger partial charge in [0, 0.05) is 26.4 Å². The molecule has 0 spiro atoms. The van der Waals surface area contributed by atoms with Crippen LogP contribution in [0.1, 0.15) is 50.2 Å². The molecule has 2 N–H and O–H groups in total. The lowest BCUT2D eigenvalue weighted by Crippen LogP contribution is -2.40. The predicted molar refractivity (Wildman–Crippen MR) is 68.3 cm³/mol. The van der Waals surface area contributed by atoms with E-state index in [1.165, 1.54) is 12.8 Å². The van der Waals surface area contributed by atoms with E-state index in [1.807, 2.05) is 0 Å². The minimum Gasteiger partial charge on any atom is -0.389 e. The summed E-state index contributed by atoms with van der Waals surface area (Å²) in [5.74, 6) is 1.33. The van der Waals surface area contributed by atoms with E-state index in [0.717, 1.165) is 44.5 Å². The van der Waals surface area contributed by atoms with Crippen molar-refractivity contribution in [2.24, 2.45) is 0 Å². The van der Waals surface area contributed by atoms with E-state index in [0.29, 0.717) is 12.4 Å². The Balaban J connectivity index is 1.67. The van der Waals surface area contributed by atoms with Crippen molar-refractivity contribution in [2.75, 3.05) is 13.1 Å². The average molecular weight is 253 g/mol. The molecule has 2 rings (SSSR count). The Hall–Kier alpha value is -0.940. The number of nitrogens with zero attached hydrogens (tertiary/aromatic N) is 2. The van der Waals surface area contributed by atoms with Crippen LogP contribution in [0.4, 0.5) is 0 Å². The Bertz CT molecular complexity index is 357.